The molecule has 0 bridgehead atoms. The highest BCUT2D eigenvalue weighted by Gasteiger charge is 2.32. The largest absolute Gasteiger partial charge is 0.493 e. The predicted molar refractivity (Wildman–Crippen MR) is 120 cm³/mol. The number of hydrogen-bond acceptors (Lipinski definition) is 5. The van der Waals surface area contributed by atoms with E-state index in [9.17, 15) is 4.79 Å². The zero-order chi connectivity index (χ0) is 21.8. The van der Waals surface area contributed by atoms with Crippen molar-refractivity contribution >= 4 is 5.91 Å². The van der Waals surface area contributed by atoms with Crippen molar-refractivity contribution in [2.45, 2.75) is 32.2 Å². The highest BCUT2D eigenvalue weighted by molar-refractivity contribution is 5.98. The van der Waals surface area contributed by atoms with Gasteiger partial charge in [-0.15, -0.1) is 0 Å². The van der Waals surface area contributed by atoms with Gasteiger partial charge in [-0.05, 0) is 49.9 Å². The molecule has 0 spiro atoms. The van der Waals surface area contributed by atoms with Crippen LogP contribution in [-0.2, 0) is 6.42 Å². The molecule has 1 amide bonds. The van der Waals surface area contributed by atoms with E-state index >= 15 is 0 Å². The van der Waals surface area contributed by atoms with E-state index in [2.05, 4.69) is 9.97 Å². The molecule has 1 aliphatic rings. The second-order valence-corrected chi connectivity index (χ2v) is 7.81. The van der Waals surface area contributed by atoms with E-state index in [-0.39, 0.29) is 11.9 Å². The number of carbonyl (C=O) groups is 1. The second kappa shape index (κ2) is 9.16. The Kier molecular flexibility index (Phi) is 6.16. The van der Waals surface area contributed by atoms with Gasteiger partial charge in [-0.25, -0.2) is 4.98 Å². The Morgan fingerprint density at radius 1 is 1.06 bits per heavy atom. The molecular formula is C25H27N3O3. The first-order valence-electron chi connectivity index (χ1n) is 10.5. The van der Waals surface area contributed by atoms with Crippen LogP contribution in [-0.4, -0.2) is 47.6 Å². The summed E-state index contributed by atoms with van der Waals surface area (Å²) in [5, 5.41) is 0. The number of nitrogens with zero attached hydrogens (tertiary/aromatic N) is 3. The van der Waals surface area contributed by atoms with E-state index in [1.807, 2.05) is 54.3 Å². The van der Waals surface area contributed by atoms with Gasteiger partial charge in [0.05, 0.1) is 14.2 Å². The minimum atomic E-state index is -0.0624. The van der Waals surface area contributed by atoms with Crippen molar-refractivity contribution in [3.8, 4) is 22.8 Å². The molecule has 0 radical (unpaired) electrons. The highest BCUT2D eigenvalue weighted by atomic mass is 16.5. The fraction of sp³-hybridized carbons (Fsp3) is 0.320. The van der Waals surface area contributed by atoms with Crippen LogP contribution in [0.3, 0.4) is 0 Å². The molecule has 1 aliphatic heterocycles. The minimum absolute atomic E-state index is 0.0624. The number of aryl methyl sites for hydroxylation is 1. The van der Waals surface area contributed by atoms with Crippen LogP contribution in [0, 0.1) is 6.92 Å². The van der Waals surface area contributed by atoms with E-state index in [1.165, 1.54) is 0 Å². The molecule has 2 aromatic carbocycles. The van der Waals surface area contributed by atoms with Gasteiger partial charge in [0.2, 0.25) is 0 Å². The first kappa shape index (κ1) is 20.8. The summed E-state index contributed by atoms with van der Waals surface area (Å²) in [6, 6.07) is 14.0. The van der Waals surface area contributed by atoms with Gasteiger partial charge >= 0.3 is 0 Å². The van der Waals surface area contributed by atoms with Gasteiger partial charge in [0.15, 0.2) is 17.2 Å². The van der Waals surface area contributed by atoms with E-state index in [0.717, 1.165) is 42.5 Å². The molecule has 0 N–H and O–H groups in total. The average molecular weight is 418 g/mol. The number of benzene rings is 2. The van der Waals surface area contributed by atoms with Crippen LogP contribution in [0.15, 0.2) is 54.9 Å². The van der Waals surface area contributed by atoms with Gasteiger partial charge in [-0.3, -0.25) is 9.78 Å². The second-order valence-electron chi connectivity index (χ2n) is 7.81. The van der Waals surface area contributed by atoms with Gasteiger partial charge in [-0.1, -0.05) is 29.8 Å². The number of likely N-dealkylation sites (tertiary alicyclic amines) is 1. The molecule has 0 saturated carbocycles. The van der Waals surface area contributed by atoms with Crippen molar-refractivity contribution in [3.05, 3.63) is 71.7 Å². The third-order valence-corrected chi connectivity index (χ3v) is 5.75. The van der Waals surface area contributed by atoms with Crippen LogP contribution >= 0.6 is 0 Å². The number of rotatable bonds is 6. The number of hydrogen-bond donors (Lipinski definition) is 0. The summed E-state index contributed by atoms with van der Waals surface area (Å²) >= 11 is 0. The summed E-state index contributed by atoms with van der Waals surface area (Å²) in [5.74, 6) is 1.34. The van der Waals surface area contributed by atoms with Crippen molar-refractivity contribution in [2.24, 2.45) is 0 Å². The summed E-state index contributed by atoms with van der Waals surface area (Å²) < 4.78 is 10.8. The maximum Gasteiger partial charge on any atom is 0.274 e. The van der Waals surface area contributed by atoms with Crippen LogP contribution in [0.5, 0.6) is 11.5 Å². The van der Waals surface area contributed by atoms with Crippen LogP contribution in [0.1, 0.15) is 34.5 Å². The summed E-state index contributed by atoms with van der Waals surface area (Å²) in [6.07, 6.45) is 5.92. The lowest BCUT2D eigenvalue weighted by atomic mass is 10.0. The first-order valence-corrected chi connectivity index (χ1v) is 10.5. The number of amides is 1. The smallest absolute Gasteiger partial charge is 0.274 e. The summed E-state index contributed by atoms with van der Waals surface area (Å²) in [4.78, 5) is 24.4. The summed E-state index contributed by atoms with van der Waals surface area (Å²) in [7, 11) is 3.26. The van der Waals surface area contributed by atoms with Crippen LogP contribution in [0.4, 0.5) is 0 Å². The zero-order valence-electron chi connectivity index (χ0n) is 18.2. The molecule has 1 saturated heterocycles. The molecule has 6 nitrogen and oxygen atoms in total. The van der Waals surface area contributed by atoms with E-state index < -0.39 is 0 Å². The Bertz CT molecular complexity index is 1080. The van der Waals surface area contributed by atoms with Gasteiger partial charge in [-0.2, -0.15) is 0 Å². The van der Waals surface area contributed by atoms with Crippen LogP contribution < -0.4 is 9.47 Å². The lowest BCUT2D eigenvalue weighted by Gasteiger charge is -2.25. The molecule has 0 aliphatic carbocycles. The predicted octanol–water partition coefficient (Wildman–Crippen LogP) is 4.32. The first-order chi connectivity index (χ1) is 15.1. The lowest BCUT2D eigenvalue weighted by Crippen LogP contribution is -2.37. The van der Waals surface area contributed by atoms with Gasteiger partial charge in [0, 0.05) is 30.5 Å². The molecule has 3 aromatic rings. The lowest BCUT2D eigenvalue weighted by molar-refractivity contribution is 0.0731. The minimum Gasteiger partial charge on any atom is -0.493 e. The van der Waals surface area contributed by atoms with Gasteiger partial charge < -0.3 is 14.4 Å². The summed E-state index contributed by atoms with van der Waals surface area (Å²) in [5.41, 5.74) is 4.18. The maximum atomic E-state index is 13.5. The van der Waals surface area contributed by atoms with Crippen molar-refractivity contribution in [3.63, 3.8) is 0 Å². The fourth-order valence-corrected chi connectivity index (χ4v) is 4.23. The standard InChI is InChI=1S/C25H27N3O3/c1-17-6-4-7-19(14-17)23-24(27-12-11-26-23)25(29)28-13-5-8-20(28)15-18-9-10-21(30-2)22(16-18)31-3/h4,6-7,9-12,14,16,20H,5,8,13,15H2,1-3H3/t20-/m0/s1. The molecule has 0 unspecified atom stereocenters. The monoisotopic (exact) mass is 417 g/mol. The van der Waals surface area contributed by atoms with Crippen molar-refractivity contribution < 1.29 is 14.3 Å². The van der Waals surface area contributed by atoms with Crippen molar-refractivity contribution in [1.82, 2.24) is 14.9 Å². The number of aromatic nitrogens is 2. The van der Waals surface area contributed by atoms with E-state index in [0.29, 0.717) is 22.9 Å². The summed E-state index contributed by atoms with van der Waals surface area (Å²) in [6.45, 7) is 2.75. The van der Waals surface area contributed by atoms with E-state index in [1.54, 1.807) is 26.6 Å². The van der Waals surface area contributed by atoms with Crippen molar-refractivity contribution in [2.75, 3.05) is 20.8 Å². The third-order valence-electron chi connectivity index (χ3n) is 5.75. The SMILES string of the molecule is COc1ccc(C[C@@H]2CCCN2C(=O)c2nccnc2-c2cccc(C)c2)cc1OC. The third kappa shape index (κ3) is 4.38. The van der Waals surface area contributed by atoms with E-state index in [4.69, 9.17) is 9.47 Å². The Hall–Kier alpha value is -3.41. The van der Waals surface area contributed by atoms with Gasteiger partial charge in [0.1, 0.15) is 5.69 Å². The fourth-order valence-electron chi connectivity index (χ4n) is 4.23. The number of carbonyl (C=O) groups excluding carboxylic acids is 1. The molecule has 6 heteroatoms. The quantitative estimate of drug-likeness (QED) is 0.598. The number of methoxy groups -OCH3 is 2. The maximum absolute atomic E-state index is 13.5. The van der Waals surface area contributed by atoms with Crippen LogP contribution in [0.2, 0.25) is 0 Å². The molecular weight excluding hydrogens is 390 g/mol. The average Bonchev–Trinajstić information content (AvgIpc) is 3.26. The van der Waals surface area contributed by atoms with Gasteiger partial charge in [0.25, 0.3) is 5.91 Å². The van der Waals surface area contributed by atoms with Crippen molar-refractivity contribution in [1.29, 1.82) is 0 Å². The zero-order valence-corrected chi connectivity index (χ0v) is 18.2. The van der Waals surface area contributed by atoms with Crippen LogP contribution in [0.25, 0.3) is 11.3 Å². The Labute approximate surface area is 182 Å². The normalized spacial score (nSPS) is 15.7. The molecule has 4 rings (SSSR count). The Morgan fingerprint density at radius 3 is 2.65 bits per heavy atom. The molecule has 1 fully saturated rings. The Morgan fingerprint density at radius 2 is 1.87 bits per heavy atom. The Balaban J connectivity index is 1.59. The topological polar surface area (TPSA) is 64.5 Å². The molecule has 1 atom stereocenters. The molecule has 160 valence electrons. The highest BCUT2D eigenvalue weighted by Crippen LogP contribution is 2.31. The molecule has 2 heterocycles. The molecule has 1 aromatic heterocycles. The number of ether oxygens (including phenoxy) is 2. The molecule has 31 heavy (non-hydrogen) atoms.